The Morgan fingerprint density at radius 2 is 1.85 bits per heavy atom. The lowest BCUT2D eigenvalue weighted by molar-refractivity contribution is 0.102. The van der Waals surface area contributed by atoms with E-state index >= 15 is 0 Å². The average molecular weight is 377 g/mol. The van der Waals surface area contributed by atoms with E-state index in [1.165, 1.54) is 31.2 Å². The maximum Gasteiger partial charge on any atom is 0.244 e. The minimum absolute atomic E-state index is 0.142. The molecule has 0 saturated heterocycles. The third-order valence-electron chi connectivity index (χ3n) is 4.44. The zero-order valence-electron chi connectivity index (χ0n) is 14.6. The molecule has 1 aromatic heterocycles. The molecule has 0 aliphatic heterocycles. The molecule has 26 heavy (non-hydrogen) atoms. The Hall–Kier alpha value is -2.45. The number of imidazole rings is 1. The number of fused-ring (bicyclic) bond motifs is 1. The van der Waals surface area contributed by atoms with Gasteiger partial charge >= 0.3 is 0 Å². The van der Waals surface area contributed by atoms with Crippen LogP contribution in [-0.2, 0) is 15.6 Å². The second kappa shape index (κ2) is 6.07. The maximum absolute atomic E-state index is 13.6. The molecule has 1 heterocycles. The van der Waals surface area contributed by atoms with Gasteiger partial charge in [-0.2, -0.15) is 0 Å². The number of anilines is 1. The summed E-state index contributed by atoms with van der Waals surface area (Å²) in [6.45, 7) is 4.62. The van der Waals surface area contributed by atoms with Crippen LogP contribution in [0, 0.1) is 5.82 Å². The van der Waals surface area contributed by atoms with Crippen LogP contribution in [0.3, 0.4) is 0 Å². The molecule has 2 aromatic carbocycles. The van der Waals surface area contributed by atoms with Crippen LogP contribution in [0.2, 0.25) is 0 Å². The van der Waals surface area contributed by atoms with Crippen LogP contribution < -0.4 is 5.73 Å². The number of nitrogens with zero attached hydrogens (tertiary/aromatic N) is 2. The Morgan fingerprint density at radius 1 is 1.19 bits per heavy atom. The second-order valence-electron chi connectivity index (χ2n) is 6.61. The predicted octanol–water partition coefficient (Wildman–Crippen LogP) is 2.60. The van der Waals surface area contributed by atoms with Gasteiger partial charge < -0.3 is 10.8 Å². The third-order valence-corrected chi connectivity index (χ3v) is 6.52. The number of aromatic nitrogens is 2. The summed E-state index contributed by atoms with van der Waals surface area (Å²) in [4.78, 5) is 4.09. The van der Waals surface area contributed by atoms with Crippen LogP contribution in [0.15, 0.2) is 42.5 Å². The van der Waals surface area contributed by atoms with E-state index in [1.54, 1.807) is 32.0 Å². The van der Waals surface area contributed by atoms with Crippen molar-refractivity contribution in [1.29, 1.82) is 0 Å². The van der Waals surface area contributed by atoms with Crippen LogP contribution in [0.1, 0.15) is 31.9 Å². The molecule has 1 unspecified atom stereocenters. The number of nitrogen functional groups attached to an aromatic ring is 1. The Bertz CT molecular complexity index is 1090. The molecule has 0 saturated carbocycles. The molecule has 0 fully saturated rings. The fraction of sp³-hybridized carbons (Fsp3) is 0.278. The summed E-state index contributed by atoms with van der Waals surface area (Å²) in [5.74, 6) is -0.614. The second-order valence-corrected chi connectivity index (χ2v) is 8.95. The van der Waals surface area contributed by atoms with Crippen LogP contribution in [0.4, 0.5) is 10.3 Å². The molecule has 1 atom stereocenters. The van der Waals surface area contributed by atoms with E-state index in [-0.39, 0.29) is 11.5 Å². The first-order valence-electron chi connectivity index (χ1n) is 8.06. The van der Waals surface area contributed by atoms with Crippen molar-refractivity contribution in [3.63, 3.8) is 0 Å². The summed E-state index contributed by atoms with van der Waals surface area (Å²) >= 11 is 0. The van der Waals surface area contributed by atoms with Gasteiger partial charge in [0, 0.05) is 0 Å². The van der Waals surface area contributed by atoms with Gasteiger partial charge in [-0.1, -0.05) is 18.2 Å². The van der Waals surface area contributed by atoms with Gasteiger partial charge in [0.15, 0.2) is 0 Å². The topological polar surface area (TPSA) is 98.2 Å². The van der Waals surface area contributed by atoms with Gasteiger partial charge in [-0.15, -0.1) is 0 Å². The van der Waals surface area contributed by atoms with Crippen molar-refractivity contribution in [2.45, 2.75) is 31.6 Å². The first-order chi connectivity index (χ1) is 12.0. The van der Waals surface area contributed by atoms with Crippen LogP contribution in [0.5, 0.6) is 0 Å². The Kier molecular flexibility index (Phi) is 4.28. The van der Waals surface area contributed by atoms with Crippen molar-refractivity contribution in [3.8, 4) is 0 Å². The Morgan fingerprint density at radius 3 is 2.46 bits per heavy atom. The molecule has 8 heteroatoms. The smallest absolute Gasteiger partial charge is 0.244 e. The highest BCUT2D eigenvalue weighted by molar-refractivity contribution is 7.90. The number of nitrogens with two attached hydrogens (primary N) is 1. The van der Waals surface area contributed by atoms with Crippen molar-refractivity contribution in [2.24, 2.45) is 0 Å². The fourth-order valence-corrected chi connectivity index (χ4v) is 3.96. The summed E-state index contributed by atoms with van der Waals surface area (Å²) in [5.41, 5.74) is 5.71. The first kappa shape index (κ1) is 18.3. The van der Waals surface area contributed by atoms with Crippen molar-refractivity contribution in [3.05, 3.63) is 59.4 Å². The highest BCUT2D eigenvalue weighted by Gasteiger charge is 2.29. The highest BCUT2D eigenvalue weighted by atomic mass is 32.2. The number of hydrogen-bond acceptors (Lipinski definition) is 5. The largest absolute Gasteiger partial charge is 0.381 e. The molecule has 0 aliphatic rings. The zero-order valence-corrected chi connectivity index (χ0v) is 15.5. The number of aliphatic hydroxyl groups is 1. The summed E-state index contributed by atoms with van der Waals surface area (Å²) in [7, 11) is -3.74. The Labute approximate surface area is 151 Å². The molecule has 0 bridgehead atoms. The van der Waals surface area contributed by atoms with Gasteiger partial charge in [0.1, 0.15) is 11.4 Å². The van der Waals surface area contributed by atoms with Gasteiger partial charge in [0.25, 0.3) is 0 Å². The van der Waals surface area contributed by atoms with E-state index in [2.05, 4.69) is 4.98 Å². The van der Waals surface area contributed by atoms with E-state index in [0.717, 1.165) is 3.97 Å². The first-order valence-corrected chi connectivity index (χ1v) is 9.56. The minimum Gasteiger partial charge on any atom is -0.381 e. The summed E-state index contributed by atoms with van der Waals surface area (Å²) in [6, 6.07) is 10.3. The minimum atomic E-state index is -3.74. The van der Waals surface area contributed by atoms with E-state index in [9.17, 15) is 17.9 Å². The van der Waals surface area contributed by atoms with Crippen molar-refractivity contribution >= 4 is 27.0 Å². The summed E-state index contributed by atoms with van der Waals surface area (Å²) < 4.78 is 39.8. The fourth-order valence-electron chi connectivity index (χ4n) is 2.81. The van der Waals surface area contributed by atoms with E-state index < -0.39 is 26.7 Å². The standard InChI is InChI=1S/C18H20FN3O3S/c1-11(2)26(24,25)22-16-10-13(7-8-15(16)21-17(22)20)18(3,23)12-5-4-6-14(19)9-12/h4-11,23H,1-3H3,(H2,20,21). The Balaban J connectivity index is 2.24. The number of benzene rings is 2. The third kappa shape index (κ3) is 2.85. The van der Waals surface area contributed by atoms with Gasteiger partial charge in [-0.05, 0) is 56.2 Å². The van der Waals surface area contributed by atoms with Gasteiger partial charge in [0.2, 0.25) is 16.0 Å². The molecule has 0 radical (unpaired) electrons. The van der Waals surface area contributed by atoms with Crippen molar-refractivity contribution in [2.75, 3.05) is 5.73 Å². The van der Waals surface area contributed by atoms with E-state index in [0.29, 0.717) is 16.6 Å². The molecule has 3 N–H and O–H groups in total. The summed E-state index contributed by atoms with van der Waals surface area (Å²) in [5, 5.41) is 10.3. The maximum atomic E-state index is 13.6. The monoisotopic (exact) mass is 377 g/mol. The van der Waals surface area contributed by atoms with Gasteiger partial charge in [-0.3, -0.25) is 0 Å². The predicted molar refractivity (Wildman–Crippen MR) is 98.7 cm³/mol. The molecule has 0 aliphatic carbocycles. The lowest BCUT2D eigenvalue weighted by atomic mass is 9.88. The summed E-state index contributed by atoms with van der Waals surface area (Å²) in [6.07, 6.45) is 0. The molecular formula is C18H20FN3O3S. The van der Waals surface area contributed by atoms with Crippen molar-refractivity contribution in [1.82, 2.24) is 8.96 Å². The van der Waals surface area contributed by atoms with Crippen LogP contribution in [0.25, 0.3) is 11.0 Å². The molecular weight excluding hydrogens is 357 g/mol. The average Bonchev–Trinajstić information content (AvgIpc) is 2.90. The zero-order chi connectivity index (χ0) is 19.3. The van der Waals surface area contributed by atoms with E-state index in [4.69, 9.17) is 5.73 Å². The van der Waals surface area contributed by atoms with Crippen molar-refractivity contribution < 1.29 is 17.9 Å². The molecule has 6 nitrogen and oxygen atoms in total. The molecule has 0 spiro atoms. The van der Waals surface area contributed by atoms with Gasteiger partial charge in [0.05, 0.1) is 16.3 Å². The van der Waals surface area contributed by atoms with Gasteiger partial charge in [-0.25, -0.2) is 21.8 Å². The van der Waals surface area contributed by atoms with E-state index in [1.807, 2.05) is 0 Å². The molecule has 3 rings (SSSR count). The highest BCUT2D eigenvalue weighted by Crippen LogP contribution is 2.32. The number of halogens is 1. The lowest BCUT2D eigenvalue weighted by Crippen LogP contribution is -2.25. The normalized spacial score (nSPS) is 14.7. The van der Waals surface area contributed by atoms with Crippen LogP contribution >= 0.6 is 0 Å². The molecule has 0 amide bonds. The lowest BCUT2D eigenvalue weighted by Gasteiger charge is -2.25. The van der Waals surface area contributed by atoms with Crippen LogP contribution in [-0.4, -0.2) is 27.7 Å². The SMILES string of the molecule is CC(C)S(=O)(=O)n1c(N)nc2ccc(C(C)(O)c3cccc(F)c3)cc21. The quantitative estimate of drug-likeness (QED) is 0.728. The molecule has 3 aromatic rings. The molecule has 138 valence electrons. The number of rotatable bonds is 4. The number of hydrogen-bond donors (Lipinski definition) is 2.